The van der Waals surface area contributed by atoms with Gasteiger partial charge in [-0.1, -0.05) is 12.1 Å². The van der Waals surface area contributed by atoms with Crippen LogP contribution in [-0.2, 0) is 11.3 Å². The summed E-state index contributed by atoms with van der Waals surface area (Å²) in [5.74, 6) is -1.38. The summed E-state index contributed by atoms with van der Waals surface area (Å²) in [4.78, 5) is 40.9. The molecule has 0 bridgehead atoms. The molecule has 0 spiro atoms. The van der Waals surface area contributed by atoms with Crippen molar-refractivity contribution in [2.45, 2.75) is 13.5 Å². The number of hydrogen-bond donors (Lipinski definition) is 2. The van der Waals surface area contributed by atoms with Crippen molar-refractivity contribution >= 4 is 28.4 Å². The summed E-state index contributed by atoms with van der Waals surface area (Å²) in [6.45, 7) is 1.93. The van der Waals surface area contributed by atoms with E-state index in [0.29, 0.717) is 23.3 Å². The number of benzene rings is 2. The Kier molecular flexibility index (Phi) is 5.25. The molecule has 3 aromatic rings. The lowest BCUT2D eigenvalue weighted by molar-refractivity contribution is -0.116. The zero-order valence-corrected chi connectivity index (χ0v) is 14.5. The van der Waals surface area contributed by atoms with Gasteiger partial charge in [0.05, 0.1) is 28.5 Å². The molecule has 1 aromatic heterocycles. The number of fused-ring (bicyclic) bond motifs is 1. The third kappa shape index (κ3) is 4.00. The van der Waals surface area contributed by atoms with Crippen LogP contribution in [0.4, 0.5) is 10.1 Å². The molecule has 0 unspecified atom stereocenters. The Bertz CT molecular complexity index is 1080. The van der Waals surface area contributed by atoms with E-state index in [1.165, 1.54) is 18.5 Å². The van der Waals surface area contributed by atoms with Crippen LogP contribution in [0.15, 0.2) is 53.6 Å². The molecular formula is C19H17FN4O3. The van der Waals surface area contributed by atoms with Gasteiger partial charge in [0.25, 0.3) is 11.5 Å². The SMILES string of the molecule is CCNC(=O)c1ccccc1NC(=O)Cn1cnc2ccc(F)cc2c1=O. The molecular weight excluding hydrogens is 351 g/mol. The van der Waals surface area contributed by atoms with Crippen LogP contribution in [0.5, 0.6) is 0 Å². The monoisotopic (exact) mass is 368 g/mol. The average Bonchev–Trinajstić information content (AvgIpc) is 2.65. The zero-order valence-electron chi connectivity index (χ0n) is 14.5. The van der Waals surface area contributed by atoms with E-state index in [9.17, 15) is 18.8 Å². The summed E-state index contributed by atoms with van der Waals surface area (Å²) in [6.07, 6.45) is 1.23. The van der Waals surface area contributed by atoms with E-state index in [0.717, 1.165) is 10.6 Å². The summed E-state index contributed by atoms with van der Waals surface area (Å²) in [5, 5.41) is 5.38. The van der Waals surface area contributed by atoms with Crippen LogP contribution in [0, 0.1) is 5.82 Å². The second kappa shape index (κ2) is 7.77. The predicted octanol–water partition coefficient (Wildman–Crippen LogP) is 1.92. The first-order chi connectivity index (χ1) is 13.0. The Balaban J connectivity index is 1.83. The largest absolute Gasteiger partial charge is 0.352 e. The number of carbonyl (C=O) groups excluding carboxylic acids is 2. The van der Waals surface area contributed by atoms with E-state index < -0.39 is 17.3 Å². The molecule has 2 aromatic carbocycles. The normalized spacial score (nSPS) is 10.6. The fourth-order valence-corrected chi connectivity index (χ4v) is 2.63. The molecule has 0 saturated heterocycles. The van der Waals surface area contributed by atoms with E-state index in [4.69, 9.17) is 0 Å². The van der Waals surface area contributed by atoms with Crippen LogP contribution in [0.1, 0.15) is 17.3 Å². The topological polar surface area (TPSA) is 93.1 Å². The van der Waals surface area contributed by atoms with E-state index >= 15 is 0 Å². The first-order valence-corrected chi connectivity index (χ1v) is 8.31. The van der Waals surface area contributed by atoms with Crippen molar-refractivity contribution in [1.29, 1.82) is 0 Å². The quantitative estimate of drug-likeness (QED) is 0.720. The molecule has 7 nitrogen and oxygen atoms in total. The molecule has 3 rings (SSSR count). The number of anilines is 1. The number of carbonyl (C=O) groups is 2. The number of para-hydroxylation sites is 1. The maximum Gasteiger partial charge on any atom is 0.261 e. The van der Waals surface area contributed by atoms with Crippen LogP contribution in [0.3, 0.4) is 0 Å². The molecule has 1 heterocycles. The lowest BCUT2D eigenvalue weighted by Gasteiger charge is -2.11. The standard InChI is InChI=1S/C19H17FN4O3/c1-2-21-18(26)13-5-3-4-6-16(13)23-17(25)10-24-11-22-15-8-7-12(20)9-14(15)19(24)27/h3-9,11H,2,10H2,1H3,(H,21,26)(H,23,25). The van der Waals surface area contributed by atoms with Gasteiger partial charge < -0.3 is 10.6 Å². The zero-order chi connectivity index (χ0) is 19.4. The molecule has 0 aliphatic heterocycles. The Morgan fingerprint density at radius 3 is 2.74 bits per heavy atom. The van der Waals surface area contributed by atoms with Crippen molar-refractivity contribution in [3.8, 4) is 0 Å². The van der Waals surface area contributed by atoms with Crippen molar-refractivity contribution in [1.82, 2.24) is 14.9 Å². The van der Waals surface area contributed by atoms with Crippen LogP contribution < -0.4 is 16.2 Å². The maximum absolute atomic E-state index is 13.4. The minimum atomic E-state index is -0.556. The van der Waals surface area contributed by atoms with Gasteiger partial charge >= 0.3 is 0 Å². The molecule has 0 aliphatic rings. The third-order valence-electron chi connectivity index (χ3n) is 3.88. The highest BCUT2D eigenvalue weighted by molar-refractivity contribution is 6.03. The molecule has 0 fully saturated rings. The van der Waals surface area contributed by atoms with Crippen LogP contribution >= 0.6 is 0 Å². The van der Waals surface area contributed by atoms with Crippen molar-refractivity contribution in [3.63, 3.8) is 0 Å². The van der Waals surface area contributed by atoms with Gasteiger partial charge in [-0.2, -0.15) is 0 Å². The van der Waals surface area contributed by atoms with Crippen LogP contribution in [-0.4, -0.2) is 27.9 Å². The number of aromatic nitrogens is 2. The second-order valence-electron chi connectivity index (χ2n) is 5.79. The van der Waals surface area contributed by atoms with Crippen LogP contribution in [0.25, 0.3) is 10.9 Å². The van der Waals surface area contributed by atoms with Gasteiger partial charge in [0.15, 0.2) is 0 Å². The predicted molar refractivity (Wildman–Crippen MR) is 99.0 cm³/mol. The molecule has 0 atom stereocenters. The van der Waals surface area contributed by atoms with E-state index in [2.05, 4.69) is 15.6 Å². The van der Waals surface area contributed by atoms with Crippen LogP contribution in [0.2, 0.25) is 0 Å². The molecule has 2 amide bonds. The van der Waals surface area contributed by atoms with Gasteiger partial charge in [0.1, 0.15) is 12.4 Å². The van der Waals surface area contributed by atoms with Gasteiger partial charge in [-0.05, 0) is 37.3 Å². The van der Waals surface area contributed by atoms with Crippen molar-refractivity contribution in [2.75, 3.05) is 11.9 Å². The molecule has 138 valence electrons. The summed E-state index contributed by atoms with van der Waals surface area (Å²) in [5.41, 5.74) is 0.478. The number of nitrogens with one attached hydrogen (secondary N) is 2. The fraction of sp³-hybridized carbons (Fsp3) is 0.158. The van der Waals surface area contributed by atoms with E-state index in [-0.39, 0.29) is 17.8 Å². The highest BCUT2D eigenvalue weighted by atomic mass is 19.1. The number of rotatable bonds is 5. The lowest BCUT2D eigenvalue weighted by Crippen LogP contribution is -2.29. The maximum atomic E-state index is 13.4. The average molecular weight is 368 g/mol. The Hall–Kier alpha value is -3.55. The van der Waals surface area contributed by atoms with Crippen molar-refractivity contribution in [2.24, 2.45) is 0 Å². The van der Waals surface area contributed by atoms with Crippen molar-refractivity contribution in [3.05, 3.63) is 70.5 Å². The Morgan fingerprint density at radius 2 is 1.96 bits per heavy atom. The molecule has 0 radical (unpaired) electrons. The number of halogens is 1. The first-order valence-electron chi connectivity index (χ1n) is 8.31. The summed E-state index contributed by atoms with van der Waals surface area (Å²) >= 11 is 0. The van der Waals surface area contributed by atoms with Gasteiger partial charge in [-0.3, -0.25) is 19.0 Å². The minimum absolute atomic E-state index is 0.0908. The Morgan fingerprint density at radius 1 is 1.19 bits per heavy atom. The van der Waals surface area contributed by atoms with Gasteiger partial charge in [0.2, 0.25) is 5.91 Å². The summed E-state index contributed by atoms with van der Waals surface area (Å²) in [7, 11) is 0. The highest BCUT2D eigenvalue weighted by Gasteiger charge is 2.14. The summed E-state index contributed by atoms with van der Waals surface area (Å²) < 4.78 is 14.5. The van der Waals surface area contributed by atoms with Gasteiger partial charge in [-0.25, -0.2) is 9.37 Å². The number of amides is 2. The van der Waals surface area contributed by atoms with E-state index in [1.54, 1.807) is 31.2 Å². The first kappa shape index (κ1) is 18.2. The fourth-order valence-electron chi connectivity index (χ4n) is 2.63. The molecule has 0 saturated carbocycles. The van der Waals surface area contributed by atoms with Gasteiger partial charge in [0, 0.05) is 6.54 Å². The molecule has 0 aliphatic carbocycles. The molecule has 27 heavy (non-hydrogen) atoms. The summed E-state index contributed by atoms with van der Waals surface area (Å²) in [6, 6.07) is 10.3. The lowest BCUT2D eigenvalue weighted by atomic mass is 10.1. The van der Waals surface area contributed by atoms with Crippen molar-refractivity contribution < 1.29 is 14.0 Å². The molecule has 2 N–H and O–H groups in total. The second-order valence-corrected chi connectivity index (χ2v) is 5.79. The smallest absolute Gasteiger partial charge is 0.261 e. The number of nitrogens with zero attached hydrogens (tertiary/aromatic N) is 2. The number of hydrogen-bond acceptors (Lipinski definition) is 4. The van der Waals surface area contributed by atoms with Gasteiger partial charge in [-0.15, -0.1) is 0 Å². The highest BCUT2D eigenvalue weighted by Crippen LogP contribution is 2.15. The molecule has 8 heteroatoms. The third-order valence-corrected chi connectivity index (χ3v) is 3.88. The minimum Gasteiger partial charge on any atom is -0.352 e. The van der Waals surface area contributed by atoms with E-state index in [1.807, 2.05) is 0 Å². The Labute approximate surface area is 153 Å².